The van der Waals surface area contributed by atoms with E-state index in [4.69, 9.17) is 42.6 Å². The zero-order valence-electron chi connectivity index (χ0n) is 42.7. The number of methoxy groups -OCH3 is 1. The third kappa shape index (κ3) is 26.3. The fourth-order valence-corrected chi connectivity index (χ4v) is 8.70. The molecule has 4 aliphatic carbocycles. The first-order valence-corrected chi connectivity index (χ1v) is 25.1. The molecule has 4 fully saturated rings. The molecule has 0 aromatic heterocycles. The Kier molecular flexibility index (Phi) is 42.2. The Morgan fingerprint density at radius 1 is 0.569 bits per heavy atom. The molecule has 0 heterocycles. The van der Waals surface area contributed by atoms with Gasteiger partial charge in [0.05, 0.1) is 35.9 Å². The predicted octanol–water partition coefficient (Wildman–Crippen LogP) is 13.2. The lowest BCUT2D eigenvalue weighted by Gasteiger charge is -2.35. The van der Waals surface area contributed by atoms with Crippen molar-refractivity contribution in [2.75, 3.05) is 53.5 Å². The summed E-state index contributed by atoms with van der Waals surface area (Å²) in [5.74, 6) is -1.16. The van der Waals surface area contributed by atoms with Crippen molar-refractivity contribution in [3.63, 3.8) is 0 Å². The van der Waals surface area contributed by atoms with Crippen molar-refractivity contribution in [2.45, 2.75) is 247 Å². The van der Waals surface area contributed by atoms with Crippen LogP contribution in [-0.2, 0) is 71.4 Å². The standard InChI is InChI=1S/C18H32O5.C17H30O5.C16H26O5.6CH4/c1-5-17(3,4)16(20)22-13-12-21-14-15(19)23-18(6-2)10-8-7-9-11-18;1-4-14(3)16(19)21-12-11-20-13-15(18)22-17(5-2)9-7-6-8-10-17;1-5-16(2,3)15(18)21-13-8-10-6-11(13)12(7-10)14(17)20-9-19-4;;;;;;/h5-14H2,1-4H3;14H,4-13H2,1-3H3;10-13H,5-9H2,1-4H3;6*1H4. The molecule has 0 spiro atoms. The Bertz CT molecular complexity index is 1480. The van der Waals surface area contributed by atoms with Crippen molar-refractivity contribution in [1.82, 2.24) is 0 Å². The molecule has 430 valence electrons. The lowest BCUT2D eigenvalue weighted by molar-refractivity contribution is -0.171. The minimum atomic E-state index is -0.479. The van der Waals surface area contributed by atoms with Crippen molar-refractivity contribution in [2.24, 2.45) is 34.5 Å². The molecule has 0 N–H and O–H groups in total. The van der Waals surface area contributed by atoms with Crippen LogP contribution in [0.5, 0.6) is 0 Å². The maximum atomic E-state index is 12.2. The fourth-order valence-electron chi connectivity index (χ4n) is 8.70. The summed E-state index contributed by atoms with van der Waals surface area (Å²) in [7, 11) is 1.49. The summed E-state index contributed by atoms with van der Waals surface area (Å²) in [6.07, 6.45) is 17.1. The van der Waals surface area contributed by atoms with Gasteiger partial charge in [0, 0.05) is 13.0 Å². The molecule has 15 nitrogen and oxygen atoms in total. The van der Waals surface area contributed by atoms with Crippen LogP contribution in [0.2, 0.25) is 0 Å². The molecule has 0 saturated heterocycles. The molecule has 0 radical (unpaired) electrons. The number of carbonyl (C=O) groups is 6. The number of hydrogen-bond donors (Lipinski definition) is 0. The number of ether oxygens (including phenoxy) is 9. The van der Waals surface area contributed by atoms with Crippen LogP contribution in [-0.4, -0.2) is 107 Å². The van der Waals surface area contributed by atoms with Gasteiger partial charge in [-0.25, -0.2) is 9.59 Å². The van der Waals surface area contributed by atoms with Gasteiger partial charge >= 0.3 is 35.8 Å². The summed E-state index contributed by atoms with van der Waals surface area (Å²) >= 11 is 0. The monoisotopic (exact) mass is 1040 g/mol. The number of esters is 6. The van der Waals surface area contributed by atoms with Crippen molar-refractivity contribution in [3.8, 4) is 0 Å². The van der Waals surface area contributed by atoms with Gasteiger partial charge in [-0.15, -0.1) is 0 Å². The van der Waals surface area contributed by atoms with Crippen LogP contribution in [0.3, 0.4) is 0 Å². The summed E-state index contributed by atoms with van der Waals surface area (Å²) in [6.45, 7) is 19.9. The molecular formula is C57H112O15. The van der Waals surface area contributed by atoms with Crippen molar-refractivity contribution < 1.29 is 71.4 Å². The summed E-state index contributed by atoms with van der Waals surface area (Å²) in [6, 6.07) is 0. The van der Waals surface area contributed by atoms with Gasteiger partial charge in [-0.2, -0.15) is 0 Å². The van der Waals surface area contributed by atoms with E-state index in [0.29, 0.717) is 5.92 Å². The second-order valence-electron chi connectivity index (χ2n) is 20.0. The van der Waals surface area contributed by atoms with E-state index in [9.17, 15) is 28.8 Å². The highest BCUT2D eigenvalue weighted by atomic mass is 16.7. The van der Waals surface area contributed by atoms with Crippen LogP contribution < -0.4 is 0 Å². The average molecular weight is 1040 g/mol. The zero-order valence-corrected chi connectivity index (χ0v) is 42.7. The van der Waals surface area contributed by atoms with E-state index in [1.165, 1.54) is 20.0 Å². The summed E-state index contributed by atoms with van der Waals surface area (Å²) in [5.41, 5.74) is -1.53. The second kappa shape index (κ2) is 39.2. The summed E-state index contributed by atoms with van der Waals surface area (Å²) in [4.78, 5) is 71.3. The van der Waals surface area contributed by atoms with Gasteiger partial charge in [0.25, 0.3) is 0 Å². The van der Waals surface area contributed by atoms with Crippen LogP contribution in [0, 0.1) is 34.5 Å². The first-order chi connectivity index (χ1) is 31.3. The number of rotatable bonds is 24. The minimum absolute atomic E-state index is 0. The molecule has 15 heteroatoms. The quantitative estimate of drug-likeness (QED) is 0.0384. The van der Waals surface area contributed by atoms with Gasteiger partial charge < -0.3 is 42.6 Å². The van der Waals surface area contributed by atoms with Crippen LogP contribution in [0.15, 0.2) is 0 Å². The third-order valence-electron chi connectivity index (χ3n) is 14.4. The predicted molar refractivity (Wildman–Crippen MR) is 288 cm³/mol. The normalized spacial score (nSPS) is 20.4. The van der Waals surface area contributed by atoms with E-state index in [1.54, 1.807) is 0 Å². The highest BCUT2D eigenvalue weighted by molar-refractivity contribution is 5.77. The molecule has 4 rings (SSSR count). The van der Waals surface area contributed by atoms with E-state index < -0.39 is 10.8 Å². The van der Waals surface area contributed by atoms with E-state index in [2.05, 4.69) is 13.8 Å². The van der Waals surface area contributed by atoms with Crippen molar-refractivity contribution >= 4 is 35.8 Å². The van der Waals surface area contributed by atoms with Gasteiger partial charge in [0.15, 0.2) is 6.79 Å². The Balaban J connectivity index is -0.000000299. The lowest BCUT2D eigenvalue weighted by Crippen LogP contribution is -2.37. The maximum Gasteiger partial charge on any atom is 0.332 e. The van der Waals surface area contributed by atoms with Crippen molar-refractivity contribution in [3.05, 3.63) is 0 Å². The van der Waals surface area contributed by atoms with Crippen LogP contribution in [0.25, 0.3) is 0 Å². The Hall–Kier alpha value is -3.30. The first-order valence-electron chi connectivity index (χ1n) is 25.1. The lowest BCUT2D eigenvalue weighted by atomic mass is 9.83. The van der Waals surface area contributed by atoms with E-state index in [-0.39, 0.29) is 162 Å². The van der Waals surface area contributed by atoms with Gasteiger partial charge in [0.1, 0.15) is 43.7 Å². The minimum Gasteiger partial charge on any atom is -0.463 e. The van der Waals surface area contributed by atoms with Crippen LogP contribution >= 0.6 is 0 Å². The smallest absolute Gasteiger partial charge is 0.332 e. The fraction of sp³-hybridized carbons (Fsp3) is 0.895. The van der Waals surface area contributed by atoms with Gasteiger partial charge in [-0.3, -0.25) is 19.2 Å². The molecule has 0 amide bonds. The second-order valence-corrected chi connectivity index (χ2v) is 20.0. The molecule has 2 bridgehead atoms. The van der Waals surface area contributed by atoms with Gasteiger partial charge in [-0.1, -0.05) is 98.9 Å². The number of carbonyl (C=O) groups excluding carboxylic acids is 6. The number of hydrogen-bond acceptors (Lipinski definition) is 15. The molecule has 0 aliphatic heterocycles. The summed E-state index contributed by atoms with van der Waals surface area (Å²) < 4.78 is 47.6. The molecule has 5 unspecified atom stereocenters. The van der Waals surface area contributed by atoms with Crippen LogP contribution in [0.4, 0.5) is 0 Å². The summed E-state index contributed by atoms with van der Waals surface area (Å²) in [5, 5.41) is 0. The third-order valence-corrected chi connectivity index (χ3v) is 14.4. The van der Waals surface area contributed by atoms with E-state index >= 15 is 0 Å². The van der Waals surface area contributed by atoms with Gasteiger partial charge in [-0.05, 0) is 136 Å². The largest absolute Gasteiger partial charge is 0.463 e. The molecule has 0 aromatic carbocycles. The molecule has 72 heavy (non-hydrogen) atoms. The highest BCUT2D eigenvalue weighted by Gasteiger charge is 2.52. The molecular weight excluding hydrogens is 925 g/mol. The number of fused-ring (bicyclic) bond motifs is 2. The SMILES string of the molecule is C.C.C.C.C.C.CCC(C)(C)C(=O)OC1CC2CC(C(=O)OCOC)C1C2.CCC(C)C(=O)OCCOCC(=O)OC1(CC)CCCCC1.CCC1(OC(=O)COCCOC(=O)C(C)(C)CC)CCCCC1. The highest BCUT2D eigenvalue weighted by Crippen LogP contribution is 2.50. The Morgan fingerprint density at radius 3 is 1.42 bits per heavy atom. The Labute approximate surface area is 440 Å². The van der Waals surface area contributed by atoms with Crippen molar-refractivity contribution in [1.29, 1.82) is 0 Å². The maximum absolute atomic E-state index is 12.2. The first kappa shape index (κ1) is 77.6. The van der Waals surface area contributed by atoms with E-state index in [0.717, 1.165) is 103 Å². The molecule has 4 saturated carbocycles. The Morgan fingerprint density at radius 2 is 1.01 bits per heavy atom. The molecule has 0 aromatic rings. The average Bonchev–Trinajstić information content (AvgIpc) is 3.92. The van der Waals surface area contributed by atoms with Crippen LogP contribution in [0.1, 0.15) is 229 Å². The van der Waals surface area contributed by atoms with E-state index in [1.807, 2.05) is 55.4 Å². The van der Waals surface area contributed by atoms with Gasteiger partial charge in [0.2, 0.25) is 0 Å². The topological polar surface area (TPSA) is 185 Å². The zero-order chi connectivity index (χ0) is 49.4. The molecule has 5 atom stereocenters. The molecule has 4 aliphatic rings.